The highest BCUT2D eigenvalue weighted by molar-refractivity contribution is 5.38. The van der Waals surface area contributed by atoms with E-state index < -0.39 is 4.92 Å². The summed E-state index contributed by atoms with van der Waals surface area (Å²) in [5.74, 6) is 0.293. The molecule has 0 aliphatic carbocycles. The number of rotatable bonds is 4. The van der Waals surface area contributed by atoms with E-state index in [4.69, 9.17) is 9.15 Å². The molecule has 0 aliphatic rings. The molecule has 0 saturated carbocycles. The molecule has 0 aliphatic heterocycles. The average Bonchev–Trinajstić information content (AvgIpc) is 2.77. The predicted molar refractivity (Wildman–Crippen MR) is 57.8 cm³/mol. The molecule has 1 aromatic carbocycles. The van der Waals surface area contributed by atoms with E-state index in [-0.39, 0.29) is 18.2 Å². The number of aromatic hydroxyl groups is 1. The Morgan fingerprint density at radius 1 is 1.29 bits per heavy atom. The van der Waals surface area contributed by atoms with Gasteiger partial charge in [-0.05, 0) is 18.2 Å². The van der Waals surface area contributed by atoms with Crippen LogP contribution in [-0.4, -0.2) is 10.0 Å². The first-order valence-electron chi connectivity index (χ1n) is 4.80. The number of furan rings is 1. The summed E-state index contributed by atoms with van der Waals surface area (Å²) >= 11 is 0. The molecule has 6 heteroatoms. The highest BCUT2D eigenvalue weighted by atomic mass is 16.6. The first-order valence-corrected chi connectivity index (χ1v) is 4.80. The van der Waals surface area contributed by atoms with E-state index in [9.17, 15) is 15.2 Å². The van der Waals surface area contributed by atoms with Crippen LogP contribution in [-0.2, 0) is 6.61 Å². The summed E-state index contributed by atoms with van der Waals surface area (Å²) in [6, 6.07) is 9.16. The minimum absolute atomic E-state index is 0.00792. The second-order valence-electron chi connectivity index (χ2n) is 3.25. The Balaban J connectivity index is 2.02. The highest BCUT2D eigenvalue weighted by Crippen LogP contribution is 2.26. The molecule has 0 amide bonds. The molecule has 0 atom stereocenters. The van der Waals surface area contributed by atoms with Crippen LogP contribution in [0, 0.1) is 10.1 Å². The van der Waals surface area contributed by atoms with Gasteiger partial charge in [0.2, 0.25) is 0 Å². The molecule has 88 valence electrons. The normalized spacial score (nSPS) is 10.1. The Kier molecular flexibility index (Phi) is 2.95. The van der Waals surface area contributed by atoms with Crippen LogP contribution in [0.25, 0.3) is 0 Å². The van der Waals surface area contributed by atoms with Gasteiger partial charge < -0.3 is 14.3 Å². The molecule has 0 saturated heterocycles. The van der Waals surface area contributed by atoms with Gasteiger partial charge in [-0.3, -0.25) is 10.1 Å². The lowest BCUT2D eigenvalue weighted by Crippen LogP contribution is -1.93. The van der Waals surface area contributed by atoms with Crippen molar-refractivity contribution in [3.8, 4) is 11.5 Å². The van der Waals surface area contributed by atoms with Gasteiger partial charge in [-0.15, -0.1) is 0 Å². The van der Waals surface area contributed by atoms with Crippen LogP contribution in [0.15, 0.2) is 40.8 Å². The molecular weight excluding hydrogens is 226 g/mol. The van der Waals surface area contributed by atoms with E-state index in [1.165, 1.54) is 18.2 Å². The third-order valence-corrected chi connectivity index (χ3v) is 2.06. The van der Waals surface area contributed by atoms with Gasteiger partial charge in [-0.2, -0.15) is 0 Å². The summed E-state index contributed by atoms with van der Waals surface area (Å²) in [6.45, 7) is 0.0193. The third-order valence-electron chi connectivity index (χ3n) is 2.06. The molecule has 2 aromatic rings. The fourth-order valence-corrected chi connectivity index (χ4v) is 1.27. The number of ether oxygens (including phenoxy) is 1. The van der Waals surface area contributed by atoms with E-state index in [0.717, 1.165) is 0 Å². The van der Waals surface area contributed by atoms with Crippen LogP contribution in [0.2, 0.25) is 0 Å². The number of phenols is 1. The predicted octanol–water partition coefficient (Wildman–Crippen LogP) is 2.47. The van der Waals surface area contributed by atoms with Crippen LogP contribution < -0.4 is 4.74 Å². The lowest BCUT2D eigenvalue weighted by molar-refractivity contribution is -0.402. The topological polar surface area (TPSA) is 85.7 Å². The van der Waals surface area contributed by atoms with Crippen LogP contribution in [0.5, 0.6) is 11.5 Å². The standard InChI is InChI=1S/C11H9NO5/c13-9-3-1-2-4-10(9)16-7-8-5-6-11(17-8)12(14)15/h1-6,13H,7H2. The zero-order valence-corrected chi connectivity index (χ0v) is 8.70. The molecule has 17 heavy (non-hydrogen) atoms. The largest absolute Gasteiger partial charge is 0.504 e. The number of hydrogen-bond donors (Lipinski definition) is 1. The molecular formula is C11H9NO5. The monoisotopic (exact) mass is 235 g/mol. The minimum atomic E-state index is -0.622. The van der Waals surface area contributed by atoms with Gasteiger partial charge >= 0.3 is 5.88 Å². The molecule has 0 unspecified atom stereocenters. The smallest absolute Gasteiger partial charge is 0.433 e. The lowest BCUT2D eigenvalue weighted by atomic mass is 10.3. The number of nitro groups is 1. The van der Waals surface area contributed by atoms with Crippen molar-refractivity contribution in [2.45, 2.75) is 6.61 Å². The van der Waals surface area contributed by atoms with Crippen LogP contribution in [0.1, 0.15) is 5.76 Å². The van der Waals surface area contributed by atoms with Gasteiger partial charge in [0.25, 0.3) is 0 Å². The van der Waals surface area contributed by atoms with Gasteiger partial charge in [0, 0.05) is 0 Å². The van der Waals surface area contributed by atoms with Gasteiger partial charge in [0.1, 0.15) is 17.3 Å². The van der Waals surface area contributed by atoms with Crippen LogP contribution >= 0.6 is 0 Å². The fourth-order valence-electron chi connectivity index (χ4n) is 1.27. The van der Waals surface area contributed by atoms with E-state index in [2.05, 4.69) is 0 Å². The SMILES string of the molecule is O=[N+]([O-])c1ccc(COc2ccccc2O)o1. The molecule has 1 heterocycles. The first-order chi connectivity index (χ1) is 8.16. The second kappa shape index (κ2) is 4.56. The summed E-state index contributed by atoms with van der Waals surface area (Å²) in [4.78, 5) is 9.75. The van der Waals surface area contributed by atoms with Gasteiger partial charge in [0.05, 0.1) is 6.07 Å². The van der Waals surface area contributed by atoms with Crippen molar-refractivity contribution in [3.63, 3.8) is 0 Å². The third kappa shape index (κ3) is 2.54. The summed E-state index contributed by atoms with van der Waals surface area (Å²) < 4.78 is 10.2. The molecule has 0 fully saturated rings. The van der Waals surface area contributed by atoms with Crippen molar-refractivity contribution in [2.75, 3.05) is 0 Å². The Labute approximate surface area is 96.2 Å². The Bertz CT molecular complexity index is 534. The van der Waals surface area contributed by atoms with Crippen molar-refractivity contribution < 1.29 is 19.2 Å². The Morgan fingerprint density at radius 2 is 2.06 bits per heavy atom. The maximum Gasteiger partial charge on any atom is 0.433 e. The van der Waals surface area contributed by atoms with Gasteiger partial charge in [-0.1, -0.05) is 12.1 Å². The minimum Gasteiger partial charge on any atom is -0.504 e. The molecule has 1 aromatic heterocycles. The van der Waals surface area contributed by atoms with Crippen LogP contribution in [0.3, 0.4) is 0 Å². The molecule has 6 nitrogen and oxygen atoms in total. The number of hydrogen-bond acceptors (Lipinski definition) is 5. The van der Waals surface area contributed by atoms with E-state index >= 15 is 0 Å². The summed E-state index contributed by atoms with van der Waals surface area (Å²) in [6.07, 6.45) is 0. The van der Waals surface area contributed by atoms with E-state index in [1.54, 1.807) is 18.2 Å². The van der Waals surface area contributed by atoms with E-state index in [0.29, 0.717) is 11.5 Å². The highest BCUT2D eigenvalue weighted by Gasteiger charge is 2.12. The lowest BCUT2D eigenvalue weighted by Gasteiger charge is -2.05. The average molecular weight is 235 g/mol. The first kappa shape index (κ1) is 11.0. The van der Waals surface area contributed by atoms with Crippen molar-refractivity contribution >= 4 is 5.88 Å². The number of benzene rings is 1. The van der Waals surface area contributed by atoms with Gasteiger partial charge in [0.15, 0.2) is 11.5 Å². The van der Waals surface area contributed by atoms with Gasteiger partial charge in [-0.25, -0.2) is 0 Å². The zero-order chi connectivity index (χ0) is 12.3. The molecule has 0 spiro atoms. The van der Waals surface area contributed by atoms with Crippen molar-refractivity contribution in [1.29, 1.82) is 0 Å². The van der Waals surface area contributed by atoms with Crippen molar-refractivity contribution in [1.82, 2.24) is 0 Å². The van der Waals surface area contributed by atoms with Crippen molar-refractivity contribution in [2.24, 2.45) is 0 Å². The Hall–Kier alpha value is -2.50. The summed E-state index contributed by atoms with van der Waals surface area (Å²) in [7, 11) is 0. The van der Waals surface area contributed by atoms with Crippen LogP contribution in [0.4, 0.5) is 5.88 Å². The second-order valence-corrected chi connectivity index (χ2v) is 3.25. The molecule has 1 N–H and O–H groups in total. The summed E-state index contributed by atoms with van der Waals surface area (Å²) in [5, 5.41) is 19.8. The number of para-hydroxylation sites is 2. The maximum atomic E-state index is 10.4. The maximum absolute atomic E-state index is 10.4. The fraction of sp³-hybridized carbons (Fsp3) is 0.0909. The molecule has 0 radical (unpaired) electrons. The molecule has 2 rings (SSSR count). The number of nitrogens with zero attached hydrogens (tertiary/aromatic N) is 1. The van der Waals surface area contributed by atoms with E-state index in [1.807, 2.05) is 0 Å². The number of phenolic OH excluding ortho intramolecular Hbond substituents is 1. The van der Waals surface area contributed by atoms with Crippen molar-refractivity contribution in [3.05, 3.63) is 52.3 Å². The Morgan fingerprint density at radius 3 is 2.71 bits per heavy atom. The summed E-state index contributed by atoms with van der Waals surface area (Å²) in [5.41, 5.74) is 0. The zero-order valence-electron chi connectivity index (χ0n) is 8.70. The quantitative estimate of drug-likeness (QED) is 0.649. The molecule has 0 bridgehead atoms.